The van der Waals surface area contributed by atoms with Gasteiger partial charge in [0.15, 0.2) is 0 Å². The number of ketones is 1. The van der Waals surface area contributed by atoms with Gasteiger partial charge in [0.25, 0.3) is 5.78 Å². The number of rotatable bonds is 2. The van der Waals surface area contributed by atoms with Gasteiger partial charge in [0, 0.05) is 6.54 Å². The summed E-state index contributed by atoms with van der Waals surface area (Å²) in [6.45, 7) is 4.77. The Morgan fingerprint density at radius 2 is 2.05 bits per heavy atom. The van der Waals surface area contributed by atoms with Crippen LogP contribution >= 0.6 is 0 Å². The van der Waals surface area contributed by atoms with Crippen LogP contribution < -0.4 is 4.90 Å². The minimum absolute atomic E-state index is 0.374. The summed E-state index contributed by atoms with van der Waals surface area (Å²) in [5.74, 6) is -0.0996. The lowest BCUT2D eigenvalue weighted by Gasteiger charge is -2.33. The maximum atomic E-state index is 12.1. The van der Waals surface area contributed by atoms with Crippen molar-refractivity contribution in [2.45, 2.75) is 19.8 Å². The van der Waals surface area contributed by atoms with E-state index in [0.29, 0.717) is 18.2 Å². The predicted octanol–water partition coefficient (Wildman–Crippen LogP) is 1.91. The molecule has 4 heteroatoms. The van der Waals surface area contributed by atoms with Gasteiger partial charge >= 0.3 is 5.91 Å². The number of piperidine rings is 1. The largest absolute Gasteiger partial charge is 0.300 e. The van der Waals surface area contributed by atoms with E-state index in [-0.39, 0.29) is 11.7 Å². The average molecular weight is 258 g/mol. The SMILES string of the molecule is CC1CCCN(CN2C(=O)C(=O)c3ccccc32)C1. The van der Waals surface area contributed by atoms with Gasteiger partial charge in [0.1, 0.15) is 0 Å². The smallest absolute Gasteiger partial charge is 0.291 e. The quantitative estimate of drug-likeness (QED) is 0.761. The molecule has 1 aromatic carbocycles. The van der Waals surface area contributed by atoms with Crippen LogP contribution in [0, 0.1) is 5.92 Å². The first-order chi connectivity index (χ1) is 9.16. The summed E-state index contributed by atoms with van der Waals surface area (Å²) in [6, 6.07) is 7.26. The van der Waals surface area contributed by atoms with Crippen molar-refractivity contribution < 1.29 is 9.59 Å². The van der Waals surface area contributed by atoms with Gasteiger partial charge < -0.3 is 0 Å². The number of benzene rings is 1. The fraction of sp³-hybridized carbons (Fsp3) is 0.467. The van der Waals surface area contributed by atoms with Crippen molar-refractivity contribution in [3.63, 3.8) is 0 Å². The molecule has 2 heterocycles. The molecule has 0 bridgehead atoms. The molecule has 1 saturated heterocycles. The molecule has 2 aliphatic rings. The number of hydrogen-bond donors (Lipinski definition) is 0. The molecule has 1 fully saturated rings. The molecule has 4 nitrogen and oxygen atoms in total. The molecule has 0 aromatic heterocycles. The van der Waals surface area contributed by atoms with E-state index in [1.807, 2.05) is 12.1 Å². The third kappa shape index (κ3) is 2.16. The number of hydrogen-bond acceptors (Lipinski definition) is 3. The molecule has 0 spiro atoms. The third-order valence-corrected chi connectivity index (χ3v) is 3.96. The Labute approximate surface area is 113 Å². The molecule has 19 heavy (non-hydrogen) atoms. The number of Topliss-reactive ketones (excluding diaryl/α,β-unsaturated/α-hetero) is 1. The minimum Gasteiger partial charge on any atom is -0.291 e. The Kier molecular flexibility index (Phi) is 3.11. The van der Waals surface area contributed by atoms with Crippen LogP contribution in [0.15, 0.2) is 24.3 Å². The van der Waals surface area contributed by atoms with E-state index < -0.39 is 0 Å². The van der Waals surface area contributed by atoms with E-state index in [1.165, 1.54) is 12.8 Å². The second-order valence-electron chi connectivity index (χ2n) is 5.55. The van der Waals surface area contributed by atoms with Gasteiger partial charge in [0.2, 0.25) is 0 Å². The number of carbonyl (C=O) groups is 2. The summed E-state index contributed by atoms with van der Waals surface area (Å²) in [7, 11) is 0. The number of anilines is 1. The molecule has 2 aliphatic heterocycles. The van der Waals surface area contributed by atoms with E-state index in [9.17, 15) is 9.59 Å². The Balaban J connectivity index is 1.81. The van der Waals surface area contributed by atoms with Gasteiger partial charge in [0.05, 0.1) is 17.9 Å². The van der Waals surface area contributed by atoms with E-state index in [2.05, 4.69) is 11.8 Å². The van der Waals surface area contributed by atoms with Crippen molar-refractivity contribution in [1.29, 1.82) is 0 Å². The lowest BCUT2D eigenvalue weighted by Crippen LogP contribution is -2.44. The lowest BCUT2D eigenvalue weighted by atomic mass is 10.0. The second kappa shape index (κ2) is 4.78. The van der Waals surface area contributed by atoms with E-state index in [0.717, 1.165) is 18.8 Å². The molecule has 0 radical (unpaired) electrons. The van der Waals surface area contributed by atoms with Crippen molar-refractivity contribution >= 4 is 17.4 Å². The number of nitrogens with zero attached hydrogens (tertiary/aromatic N) is 2. The summed E-state index contributed by atoms with van der Waals surface area (Å²) in [6.07, 6.45) is 2.42. The monoisotopic (exact) mass is 258 g/mol. The second-order valence-corrected chi connectivity index (χ2v) is 5.55. The highest BCUT2D eigenvalue weighted by Gasteiger charge is 2.36. The van der Waals surface area contributed by atoms with Crippen molar-refractivity contribution in [1.82, 2.24) is 4.90 Å². The highest BCUT2D eigenvalue weighted by atomic mass is 16.2. The maximum Gasteiger partial charge on any atom is 0.300 e. The van der Waals surface area contributed by atoms with Crippen LogP contribution in [-0.2, 0) is 4.79 Å². The highest BCUT2D eigenvalue weighted by Crippen LogP contribution is 2.29. The Hall–Kier alpha value is -1.68. The average Bonchev–Trinajstić information content (AvgIpc) is 2.65. The van der Waals surface area contributed by atoms with Gasteiger partial charge in [-0.05, 0) is 37.4 Å². The van der Waals surface area contributed by atoms with Gasteiger partial charge in [-0.15, -0.1) is 0 Å². The molecular weight excluding hydrogens is 240 g/mol. The normalized spacial score (nSPS) is 23.8. The topological polar surface area (TPSA) is 40.6 Å². The van der Waals surface area contributed by atoms with Gasteiger partial charge in [-0.25, -0.2) is 0 Å². The molecule has 0 aliphatic carbocycles. The van der Waals surface area contributed by atoms with E-state index in [4.69, 9.17) is 0 Å². The standard InChI is InChI=1S/C15H18N2O2/c1-11-5-4-8-16(9-11)10-17-13-7-3-2-6-12(13)14(18)15(17)19/h2-3,6-7,11H,4-5,8-10H2,1H3. The van der Waals surface area contributed by atoms with Crippen molar-refractivity contribution in [2.75, 3.05) is 24.7 Å². The zero-order valence-electron chi connectivity index (χ0n) is 11.1. The zero-order valence-corrected chi connectivity index (χ0v) is 11.1. The van der Waals surface area contributed by atoms with Crippen LogP contribution in [0.1, 0.15) is 30.1 Å². The molecule has 100 valence electrons. The lowest BCUT2D eigenvalue weighted by molar-refractivity contribution is -0.114. The maximum absolute atomic E-state index is 12.1. The van der Waals surface area contributed by atoms with Crippen LogP contribution in [-0.4, -0.2) is 36.3 Å². The number of fused-ring (bicyclic) bond motifs is 1. The Morgan fingerprint density at radius 1 is 1.26 bits per heavy atom. The Morgan fingerprint density at radius 3 is 2.84 bits per heavy atom. The molecule has 1 aromatic rings. The van der Waals surface area contributed by atoms with Gasteiger partial charge in [-0.1, -0.05) is 19.1 Å². The predicted molar refractivity (Wildman–Crippen MR) is 73.1 cm³/mol. The molecule has 0 N–H and O–H groups in total. The Bertz CT molecular complexity index is 527. The summed E-state index contributed by atoms with van der Waals surface area (Å²) in [5, 5.41) is 0. The highest BCUT2D eigenvalue weighted by molar-refractivity contribution is 6.52. The molecule has 1 atom stereocenters. The van der Waals surface area contributed by atoms with Gasteiger partial charge in [-0.2, -0.15) is 0 Å². The summed E-state index contributed by atoms with van der Waals surface area (Å²) >= 11 is 0. The van der Waals surface area contributed by atoms with E-state index >= 15 is 0 Å². The zero-order chi connectivity index (χ0) is 13.4. The fourth-order valence-electron chi connectivity index (χ4n) is 3.00. The molecule has 3 rings (SSSR count). The third-order valence-electron chi connectivity index (χ3n) is 3.96. The first kappa shape index (κ1) is 12.4. The first-order valence-electron chi connectivity index (χ1n) is 6.84. The molecule has 1 amide bonds. The van der Waals surface area contributed by atoms with E-state index in [1.54, 1.807) is 17.0 Å². The number of amides is 1. The first-order valence-corrected chi connectivity index (χ1v) is 6.84. The molecule has 1 unspecified atom stereocenters. The number of likely N-dealkylation sites (tertiary alicyclic amines) is 1. The van der Waals surface area contributed by atoms with Crippen molar-refractivity contribution in [3.8, 4) is 0 Å². The van der Waals surface area contributed by atoms with Crippen LogP contribution in [0.3, 0.4) is 0 Å². The van der Waals surface area contributed by atoms with Crippen molar-refractivity contribution in [3.05, 3.63) is 29.8 Å². The fourth-order valence-corrected chi connectivity index (χ4v) is 3.00. The van der Waals surface area contributed by atoms with Crippen molar-refractivity contribution in [2.24, 2.45) is 5.92 Å². The van der Waals surface area contributed by atoms with Crippen LogP contribution in [0.4, 0.5) is 5.69 Å². The number of para-hydroxylation sites is 1. The van der Waals surface area contributed by atoms with Crippen LogP contribution in [0.25, 0.3) is 0 Å². The minimum atomic E-state index is -0.389. The van der Waals surface area contributed by atoms with Gasteiger partial charge in [-0.3, -0.25) is 19.4 Å². The molecular formula is C15H18N2O2. The summed E-state index contributed by atoms with van der Waals surface area (Å²) in [5.41, 5.74) is 1.30. The summed E-state index contributed by atoms with van der Waals surface area (Å²) in [4.78, 5) is 27.9. The number of carbonyl (C=O) groups excluding carboxylic acids is 2. The van der Waals surface area contributed by atoms with Crippen LogP contribution in [0.2, 0.25) is 0 Å². The molecule has 0 saturated carbocycles. The summed E-state index contributed by atoms with van der Waals surface area (Å²) < 4.78 is 0. The van der Waals surface area contributed by atoms with Crippen LogP contribution in [0.5, 0.6) is 0 Å².